The van der Waals surface area contributed by atoms with E-state index in [0.29, 0.717) is 6.54 Å². The van der Waals surface area contributed by atoms with Gasteiger partial charge in [0, 0.05) is 31.7 Å². The predicted molar refractivity (Wildman–Crippen MR) is 142 cm³/mol. The molecule has 0 radical (unpaired) electrons. The Morgan fingerprint density at radius 1 is 1.14 bits per heavy atom. The van der Waals surface area contributed by atoms with E-state index in [9.17, 15) is 4.79 Å². The first-order chi connectivity index (χ1) is 17.1. The van der Waals surface area contributed by atoms with Crippen molar-refractivity contribution in [1.29, 1.82) is 0 Å². The number of aryl methyl sites for hydroxylation is 1. The highest BCUT2D eigenvalue weighted by Gasteiger charge is 2.35. The molecule has 35 heavy (non-hydrogen) atoms. The largest absolute Gasteiger partial charge is 0.369 e. The molecule has 3 atom stereocenters. The first-order valence-corrected chi connectivity index (χ1v) is 13.1. The SMILES string of the molecule is Cc1c(C(=O)N(C)Cc2cccc3ncccc23)sc2ncnc(NCCC3CC4C=CC3C4)c12. The number of anilines is 1. The van der Waals surface area contributed by atoms with Gasteiger partial charge in [-0.1, -0.05) is 30.4 Å². The zero-order chi connectivity index (χ0) is 23.9. The lowest BCUT2D eigenvalue weighted by Crippen LogP contribution is -2.26. The highest BCUT2D eigenvalue weighted by molar-refractivity contribution is 7.20. The number of benzene rings is 1. The summed E-state index contributed by atoms with van der Waals surface area (Å²) in [5.41, 5.74) is 2.98. The van der Waals surface area contributed by atoms with Gasteiger partial charge in [0.15, 0.2) is 0 Å². The van der Waals surface area contributed by atoms with Crippen molar-refractivity contribution in [2.75, 3.05) is 18.9 Å². The molecule has 6 nitrogen and oxygen atoms in total. The average molecular weight is 484 g/mol. The molecule has 2 aliphatic rings. The Morgan fingerprint density at radius 3 is 2.89 bits per heavy atom. The third kappa shape index (κ3) is 4.08. The van der Waals surface area contributed by atoms with E-state index in [1.54, 1.807) is 17.4 Å². The summed E-state index contributed by atoms with van der Waals surface area (Å²) in [4.78, 5) is 30.3. The average Bonchev–Trinajstić information content (AvgIpc) is 3.59. The molecule has 2 bridgehead atoms. The van der Waals surface area contributed by atoms with E-state index in [1.165, 1.54) is 24.2 Å². The summed E-state index contributed by atoms with van der Waals surface area (Å²) in [6, 6.07) is 10.0. The van der Waals surface area contributed by atoms with Crippen LogP contribution < -0.4 is 5.32 Å². The third-order valence-corrected chi connectivity index (χ3v) is 8.82. The van der Waals surface area contributed by atoms with Crippen molar-refractivity contribution in [1.82, 2.24) is 19.9 Å². The zero-order valence-corrected chi connectivity index (χ0v) is 20.9. The summed E-state index contributed by atoms with van der Waals surface area (Å²) in [5, 5.41) is 5.60. The summed E-state index contributed by atoms with van der Waals surface area (Å²) in [6.07, 6.45) is 12.0. The topological polar surface area (TPSA) is 71.0 Å². The lowest BCUT2D eigenvalue weighted by Gasteiger charge is -2.18. The number of thiophene rings is 1. The Hall–Kier alpha value is -3.32. The quantitative estimate of drug-likeness (QED) is 0.335. The van der Waals surface area contributed by atoms with Crippen LogP contribution in [0.25, 0.3) is 21.1 Å². The third-order valence-electron chi connectivity index (χ3n) is 7.64. The number of carbonyl (C=O) groups is 1. The van der Waals surface area contributed by atoms with Crippen molar-refractivity contribution in [2.24, 2.45) is 17.8 Å². The molecule has 2 aliphatic carbocycles. The number of carbonyl (C=O) groups excluding carboxylic acids is 1. The van der Waals surface area contributed by atoms with Gasteiger partial charge in [-0.05, 0) is 67.2 Å². The van der Waals surface area contributed by atoms with Crippen molar-refractivity contribution in [3.05, 3.63) is 71.0 Å². The Kier molecular flexibility index (Phi) is 5.72. The predicted octanol–water partition coefficient (Wildman–Crippen LogP) is 5.83. The van der Waals surface area contributed by atoms with Gasteiger partial charge in [0.1, 0.15) is 17.0 Å². The normalized spacial score (nSPS) is 20.7. The number of aromatic nitrogens is 3. The van der Waals surface area contributed by atoms with Crippen LogP contribution in [0, 0.1) is 24.7 Å². The second-order valence-corrected chi connectivity index (χ2v) is 10.9. The minimum absolute atomic E-state index is 0.00566. The Morgan fingerprint density at radius 2 is 2.06 bits per heavy atom. The lowest BCUT2D eigenvalue weighted by atomic mass is 9.91. The summed E-state index contributed by atoms with van der Waals surface area (Å²) in [6.45, 7) is 3.42. The van der Waals surface area contributed by atoms with Crippen molar-refractivity contribution < 1.29 is 4.79 Å². The number of hydrogen-bond donors (Lipinski definition) is 1. The van der Waals surface area contributed by atoms with Gasteiger partial charge in [0.2, 0.25) is 0 Å². The van der Waals surface area contributed by atoms with Crippen molar-refractivity contribution in [3.63, 3.8) is 0 Å². The van der Waals surface area contributed by atoms with Crippen LogP contribution in [0.2, 0.25) is 0 Å². The van der Waals surface area contributed by atoms with Gasteiger partial charge in [-0.2, -0.15) is 0 Å². The minimum Gasteiger partial charge on any atom is -0.369 e. The smallest absolute Gasteiger partial charge is 0.264 e. The first-order valence-electron chi connectivity index (χ1n) is 12.3. The standard InChI is InChI=1S/C28H29N5OS/c1-17-24-26(30-12-10-20-14-18-8-9-19(20)13-18)31-16-32-27(24)35-25(17)28(34)33(2)15-21-5-3-7-23-22(21)6-4-11-29-23/h3-9,11,16,18-20H,10,12-15H2,1-2H3,(H,30,31,32). The molecular weight excluding hydrogens is 454 g/mol. The molecule has 3 unspecified atom stereocenters. The lowest BCUT2D eigenvalue weighted by molar-refractivity contribution is 0.0790. The fourth-order valence-electron chi connectivity index (χ4n) is 5.82. The van der Waals surface area contributed by atoms with E-state index in [1.807, 2.05) is 32.2 Å². The summed E-state index contributed by atoms with van der Waals surface area (Å²) < 4.78 is 0. The first kappa shape index (κ1) is 22.2. The van der Waals surface area contributed by atoms with E-state index in [0.717, 1.165) is 73.7 Å². The maximum atomic E-state index is 13.5. The monoisotopic (exact) mass is 483 g/mol. The molecule has 1 saturated carbocycles. The molecule has 178 valence electrons. The summed E-state index contributed by atoms with van der Waals surface area (Å²) in [7, 11) is 1.86. The van der Waals surface area contributed by atoms with Crippen molar-refractivity contribution in [2.45, 2.75) is 32.7 Å². The van der Waals surface area contributed by atoms with Gasteiger partial charge >= 0.3 is 0 Å². The van der Waals surface area contributed by atoms with Crippen LogP contribution in [-0.2, 0) is 6.54 Å². The molecule has 0 saturated heterocycles. The highest BCUT2D eigenvalue weighted by Crippen LogP contribution is 2.45. The number of rotatable bonds is 7. The second kappa shape index (κ2) is 9.04. The van der Waals surface area contributed by atoms with Crippen molar-refractivity contribution >= 4 is 44.2 Å². The number of nitrogens with zero attached hydrogens (tertiary/aromatic N) is 4. The molecule has 4 aromatic rings. The van der Waals surface area contributed by atoms with E-state index < -0.39 is 0 Å². The van der Waals surface area contributed by atoms with Crippen LogP contribution in [0.5, 0.6) is 0 Å². The zero-order valence-electron chi connectivity index (χ0n) is 20.1. The molecule has 3 heterocycles. The van der Waals surface area contributed by atoms with Crippen LogP contribution in [0.1, 0.15) is 40.1 Å². The molecule has 1 N–H and O–H groups in total. The van der Waals surface area contributed by atoms with E-state index >= 15 is 0 Å². The number of pyridine rings is 1. The molecule has 6 rings (SSSR count). The van der Waals surface area contributed by atoms with Gasteiger partial charge in [-0.25, -0.2) is 9.97 Å². The molecule has 3 aromatic heterocycles. The van der Waals surface area contributed by atoms with Crippen molar-refractivity contribution in [3.8, 4) is 0 Å². The summed E-state index contributed by atoms with van der Waals surface area (Å²) in [5.74, 6) is 3.17. The molecule has 0 aliphatic heterocycles. The maximum absolute atomic E-state index is 13.5. The Labute approximate surface area is 209 Å². The van der Waals surface area contributed by atoms with E-state index in [2.05, 4.69) is 44.6 Å². The van der Waals surface area contributed by atoms with Crippen LogP contribution in [0.15, 0.2) is 55.0 Å². The Bertz CT molecular complexity index is 1440. The molecule has 1 aromatic carbocycles. The molecular formula is C28H29N5OS. The molecule has 1 amide bonds. The van der Waals surface area contributed by atoms with Crippen LogP contribution in [0.4, 0.5) is 5.82 Å². The van der Waals surface area contributed by atoms with Gasteiger partial charge < -0.3 is 10.2 Å². The molecule has 7 heteroatoms. The number of fused-ring (bicyclic) bond motifs is 4. The van der Waals surface area contributed by atoms with E-state index in [4.69, 9.17) is 0 Å². The van der Waals surface area contributed by atoms with E-state index in [-0.39, 0.29) is 5.91 Å². The summed E-state index contributed by atoms with van der Waals surface area (Å²) >= 11 is 1.45. The number of hydrogen-bond acceptors (Lipinski definition) is 6. The van der Waals surface area contributed by atoms with Gasteiger partial charge in [0.05, 0.1) is 15.8 Å². The van der Waals surface area contributed by atoms with Gasteiger partial charge in [0.25, 0.3) is 5.91 Å². The fourth-order valence-corrected chi connectivity index (χ4v) is 6.96. The number of nitrogens with one attached hydrogen (secondary N) is 1. The second-order valence-electron chi connectivity index (χ2n) is 9.86. The van der Waals surface area contributed by atoms with Crippen LogP contribution in [-0.4, -0.2) is 39.4 Å². The van der Waals surface area contributed by atoms with Gasteiger partial charge in [-0.3, -0.25) is 9.78 Å². The number of allylic oxidation sites excluding steroid dienone is 2. The molecule has 0 spiro atoms. The highest BCUT2D eigenvalue weighted by atomic mass is 32.1. The molecule has 1 fully saturated rings. The number of amides is 1. The van der Waals surface area contributed by atoms with Crippen LogP contribution >= 0.6 is 11.3 Å². The van der Waals surface area contributed by atoms with Crippen LogP contribution in [0.3, 0.4) is 0 Å². The maximum Gasteiger partial charge on any atom is 0.264 e. The fraction of sp³-hybridized carbons (Fsp3) is 0.357. The minimum atomic E-state index is 0.00566. The Balaban J connectivity index is 1.20. The van der Waals surface area contributed by atoms with Gasteiger partial charge in [-0.15, -0.1) is 11.3 Å².